The third-order valence-corrected chi connectivity index (χ3v) is 2.39. The topological polar surface area (TPSA) is 70.2 Å². The van der Waals surface area contributed by atoms with Gasteiger partial charge in [0.25, 0.3) is 0 Å². The van der Waals surface area contributed by atoms with Gasteiger partial charge in [-0.3, -0.25) is 9.59 Å². The van der Waals surface area contributed by atoms with Gasteiger partial charge in [0, 0.05) is 24.4 Å². The fourth-order valence-electron chi connectivity index (χ4n) is 1.39. The lowest BCUT2D eigenvalue weighted by atomic mass is 10.1. The molecule has 1 heterocycles. The highest BCUT2D eigenvalue weighted by Gasteiger charge is 1.98. The lowest BCUT2D eigenvalue weighted by Gasteiger charge is -1.96. The molecule has 0 bridgehead atoms. The number of pyridine rings is 1. The lowest BCUT2D eigenvalue weighted by molar-refractivity contribution is -0.114. The van der Waals surface area contributed by atoms with Gasteiger partial charge in [0.05, 0.1) is 0 Å². The van der Waals surface area contributed by atoms with E-state index in [1.807, 2.05) is 0 Å². The summed E-state index contributed by atoms with van der Waals surface area (Å²) in [6.07, 6.45) is 7.78. The van der Waals surface area contributed by atoms with Crippen LogP contribution in [-0.4, -0.2) is 15.9 Å². The Kier molecular flexibility index (Phi) is 5.20. The van der Waals surface area contributed by atoms with Crippen LogP contribution in [0.3, 0.4) is 0 Å². The van der Waals surface area contributed by atoms with Crippen molar-refractivity contribution in [1.82, 2.24) is 4.98 Å². The maximum absolute atomic E-state index is 11.4. The number of hydrogen-bond donors (Lipinski definition) is 2. The average Bonchev–Trinajstić information content (AvgIpc) is 2.31. The first-order valence-corrected chi connectivity index (χ1v) is 5.76. The first-order chi connectivity index (χ1) is 8.13. The second kappa shape index (κ2) is 6.68. The molecule has 0 aliphatic carbocycles. The van der Waals surface area contributed by atoms with E-state index >= 15 is 0 Å². The molecule has 0 unspecified atom stereocenters. The highest BCUT2D eigenvalue weighted by molar-refractivity contribution is 5.93. The van der Waals surface area contributed by atoms with Crippen molar-refractivity contribution in [3.8, 4) is 5.75 Å². The van der Waals surface area contributed by atoms with Gasteiger partial charge >= 0.3 is 0 Å². The fourth-order valence-corrected chi connectivity index (χ4v) is 1.39. The van der Waals surface area contributed by atoms with E-state index in [4.69, 9.17) is 5.11 Å². The van der Waals surface area contributed by atoms with Crippen molar-refractivity contribution in [2.45, 2.75) is 32.6 Å². The van der Waals surface area contributed by atoms with Gasteiger partial charge in [-0.25, -0.2) is 0 Å². The summed E-state index contributed by atoms with van der Waals surface area (Å²) in [4.78, 5) is 25.2. The molecule has 0 atom stereocenters. The van der Waals surface area contributed by atoms with Crippen molar-refractivity contribution >= 4 is 11.9 Å². The largest absolute Gasteiger partial charge is 0.503 e. The standard InChI is InChI=1S/C13H17NO3/c1-2-3-4-5-11(15)7-6-10-8-12(16)13(17)9-14-10/h6-9,17H,2-5H2,1H3,(H,14,16)/b7-6+. The molecule has 1 aromatic rings. The summed E-state index contributed by atoms with van der Waals surface area (Å²) < 4.78 is 0. The molecule has 0 aliphatic heterocycles. The molecule has 0 spiro atoms. The summed E-state index contributed by atoms with van der Waals surface area (Å²) in [5.41, 5.74) is 0.0541. The zero-order valence-electron chi connectivity index (χ0n) is 9.90. The van der Waals surface area contributed by atoms with Crippen LogP contribution in [0, 0.1) is 0 Å². The number of aromatic hydroxyl groups is 1. The highest BCUT2D eigenvalue weighted by Crippen LogP contribution is 2.03. The summed E-state index contributed by atoms with van der Waals surface area (Å²) in [5.74, 6) is -0.274. The number of hydrogen-bond acceptors (Lipinski definition) is 3. The van der Waals surface area contributed by atoms with Gasteiger partial charge in [0.1, 0.15) is 0 Å². The van der Waals surface area contributed by atoms with E-state index in [-0.39, 0.29) is 11.5 Å². The molecule has 0 saturated heterocycles. The zero-order valence-corrected chi connectivity index (χ0v) is 9.90. The minimum Gasteiger partial charge on any atom is -0.503 e. The molecule has 2 N–H and O–H groups in total. The van der Waals surface area contributed by atoms with E-state index in [9.17, 15) is 9.59 Å². The summed E-state index contributed by atoms with van der Waals surface area (Å²) in [6.45, 7) is 2.08. The molecule has 0 radical (unpaired) electrons. The Morgan fingerprint density at radius 1 is 1.47 bits per heavy atom. The van der Waals surface area contributed by atoms with E-state index in [0.29, 0.717) is 12.1 Å². The van der Waals surface area contributed by atoms with Crippen molar-refractivity contribution in [1.29, 1.82) is 0 Å². The number of allylic oxidation sites excluding steroid dienone is 1. The highest BCUT2D eigenvalue weighted by atomic mass is 16.3. The molecule has 0 aliphatic rings. The number of ketones is 1. The Labute approximate surface area is 100.0 Å². The summed E-state index contributed by atoms with van der Waals surface area (Å²) >= 11 is 0. The first-order valence-electron chi connectivity index (χ1n) is 5.76. The van der Waals surface area contributed by atoms with E-state index in [2.05, 4.69) is 11.9 Å². The number of carbonyl (C=O) groups excluding carboxylic acids is 1. The lowest BCUT2D eigenvalue weighted by Crippen LogP contribution is -2.00. The van der Waals surface area contributed by atoms with Crippen LogP contribution in [-0.2, 0) is 4.79 Å². The maximum atomic E-state index is 11.4. The number of carbonyl (C=O) groups is 1. The van der Waals surface area contributed by atoms with Crippen molar-refractivity contribution in [2.24, 2.45) is 0 Å². The quantitative estimate of drug-likeness (QED) is 0.586. The molecule has 0 saturated carbocycles. The minimum atomic E-state index is -0.457. The van der Waals surface area contributed by atoms with Gasteiger partial charge in [-0.1, -0.05) is 19.8 Å². The minimum absolute atomic E-state index is 0.0485. The second-order valence-corrected chi connectivity index (χ2v) is 3.89. The molecule has 1 aromatic heterocycles. The summed E-state index contributed by atoms with van der Waals surface area (Å²) in [5, 5.41) is 9.03. The van der Waals surface area contributed by atoms with E-state index < -0.39 is 5.43 Å². The van der Waals surface area contributed by atoms with Crippen LogP contribution in [0.4, 0.5) is 0 Å². The predicted octanol–water partition coefficient (Wildman–Crippen LogP) is 2.24. The van der Waals surface area contributed by atoms with Gasteiger partial charge in [-0.05, 0) is 18.6 Å². The van der Waals surface area contributed by atoms with Gasteiger partial charge < -0.3 is 10.1 Å². The van der Waals surface area contributed by atoms with Crippen LogP contribution in [0.5, 0.6) is 5.75 Å². The SMILES string of the molecule is CCCCCC(=O)/C=C/c1cc(=O)c(O)c[nH]1. The molecule has 92 valence electrons. The third-order valence-electron chi connectivity index (χ3n) is 2.39. The van der Waals surface area contributed by atoms with Gasteiger partial charge in [-0.15, -0.1) is 0 Å². The van der Waals surface area contributed by atoms with Crippen molar-refractivity contribution in [3.63, 3.8) is 0 Å². The maximum Gasteiger partial charge on any atom is 0.223 e. The van der Waals surface area contributed by atoms with E-state index in [0.717, 1.165) is 19.3 Å². The van der Waals surface area contributed by atoms with Crippen LogP contribution in [0.2, 0.25) is 0 Å². The summed E-state index contributed by atoms with van der Waals surface area (Å²) in [7, 11) is 0. The number of aromatic nitrogens is 1. The van der Waals surface area contributed by atoms with Crippen LogP contribution in [0.25, 0.3) is 6.08 Å². The monoisotopic (exact) mass is 235 g/mol. The van der Waals surface area contributed by atoms with Gasteiger partial charge in [0.2, 0.25) is 5.43 Å². The second-order valence-electron chi connectivity index (χ2n) is 3.89. The molecule has 0 aromatic carbocycles. The number of H-pyrrole nitrogens is 1. The van der Waals surface area contributed by atoms with E-state index in [1.54, 1.807) is 6.08 Å². The Morgan fingerprint density at radius 2 is 2.24 bits per heavy atom. The Morgan fingerprint density at radius 3 is 2.88 bits per heavy atom. The first kappa shape index (κ1) is 13.2. The number of nitrogens with one attached hydrogen (secondary N) is 1. The number of unbranched alkanes of at least 4 members (excludes halogenated alkanes) is 2. The Hall–Kier alpha value is -1.84. The van der Waals surface area contributed by atoms with Crippen LogP contribution >= 0.6 is 0 Å². The molecule has 4 heteroatoms. The fraction of sp³-hybridized carbons (Fsp3) is 0.385. The van der Waals surface area contributed by atoms with Crippen molar-refractivity contribution in [3.05, 3.63) is 34.3 Å². The Bertz CT molecular complexity index is 460. The van der Waals surface area contributed by atoms with Crippen molar-refractivity contribution < 1.29 is 9.90 Å². The normalized spacial score (nSPS) is 10.9. The van der Waals surface area contributed by atoms with Crippen LogP contribution in [0.15, 0.2) is 23.1 Å². The Balaban J connectivity index is 2.55. The molecular formula is C13H17NO3. The predicted molar refractivity (Wildman–Crippen MR) is 66.9 cm³/mol. The smallest absolute Gasteiger partial charge is 0.223 e. The van der Waals surface area contributed by atoms with Crippen LogP contribution in [0.1, 0.15) is 38.3 Å². The van der Waals surface area contributed by atoms with Gasteiger partial charge in [-0.2, -0.15) is 0 Å². The average molecular weight is 235 g/mol. The molecule has 0 fully saturated rings. The molecule has 0 amide bonds. The van der Waals surface area contributed by atoms with Crippen molar-refractivity contribution in [2.75, 3.05) is 0 Å². The number of aromatic amines is 1. The molecule has 17 heavy (non-hydrogen) atoms. The van der Waals surface area contributed by atoms with Crippen LogP contribution < -0.4 is 5.43 Å². The third kappa shape index (κ3) is 4.68. The zero-order chi connectivity index (χ0) is 12.7. The molecule has 4 nitrogen and oxygen atoms in total. The molecule has 1 rings (SSSR count). The van der Waals surface area contributed by atoms with E-state index in [1.165, 1.54) is 18.3 Å². The van der Waals surface area contributed by atoms with Gasteiger partial charge in [0.15, 0.2) is 11.5 Å². The molecular weight excluding hydrogens is 218 g/mol. The summed E-state index contributed by atoms with van der Waals surface area (Å²) in [6, 6.07) is 1.26. The number of rotatable bonds is 6.